The Labute approximate surface area is 129 Å². The van der Waals surface area contributed by atoms with Crippen LogP contribution in [0.4, 0.5) is 5.69 Å². The maximum Gasteiger partial charge on any atom is 0.336 e. The van der Waals surface area contributed by atoms with Crippen molar-refractivity contribution in [2.24, 2.45) is 0 Å². The van der Waals surface area contributed by atoms with Crippen molar-refractivity contribution in [3.8, 4) is 17.0 Å². The van der Waals surface area contributed by atoms with Crippen LogP contribution in [0, 0.1) is 10.1 Å². The fraction of sp³-hybridized carbons (Fsp3) is 0.0667. The SMILES string of the molecule is COc1ccc(-c2n[nH]c3cccc(C(=O)O)c23)c([N+](=O)[O-])c1. The minimum Gasteiger partial charge on any atom is -0.497 e. The Bertz CT molecular complexity index is 932. The average molecular weight is 313 g/mol. The van der Waals surface area contributed by atoms with Crippen LogP contribution < -0.4 is 4.74 Å². The number of carbonyl (C=O) groups is 1. The first kappa shape index (κ1) is 14.5. The lowest BCUT2D eigenvalue weighted by atomic mass is 10.0. The molecular formula is C15H11N3O5. The summed E-state index contributed by atoms with van der Waals surface area (Å²) in [5, 5.41) is 27.8. The smallest absolute Gasteiger partial charge is 0.336 e. The highest BCUT2D eigenvalue weighted by Crippen LogP contribution is 2.36. The van der Waals surface area contributed by atoms with E-state index in [1.807, 2.05) is 0 Å². The second-order valence-corrected chi connectivity index (χ2v) is 4.75. The molecule has 8 heteroatoms. The number of hydrogen-bond donors (Lipinski definition) is 2. The zero-order chi connectivity index (χ0) is 16.6. The number of nitro benzene ring substituents is 1. The molecule has 0 aliphatic heterocycles. The van der Waals surface area contributed by atoms with E-state index in [1.54, 1.807) is 18.2 Å². The summed E-state index contributed by atoms with van der Waals surface area (Å²) in [5.74, 6) is -0.798. The molecule has 8 nitrogen and oxygen atoms in total. The van der Waals surface area contributed by atoms with Crippen molar-refractivity contribution in [3.63, 3.8) is 0 Å². The van der Waals surface area contributed by atoms with E-state index in [1.165, 1.54) is 25.3 Å². The highest BCUT2D eigenvalue weighted by atomic mass is 16.6. The predicted molar refractivity (Wildman–Crippen MR) is 81.7 cm³/mol. The number of aromatic carboxylic acids is 1. The Balaban J connectivity index is 2.34. The van der Waals surface area contributed by atoms with Gasteiger partial charge in [0.05, 0.1) is 34.7 Å². The molecule has 0 radical (unpaired) electrons. The molecule has 0 unspecified atom stereocenters. The van der Waals surface area contributed by atoms with Crippen LogP contribution in [0.5, 0.6) is 5.75 Å². The van der Waals surface area contributed by atoms with Gasteiger partial charge >= 0.3 is 5.97 Å². The molecule has 1 heterocycles. The van der Waals surface area contributed by atoms with Crippen molar-refractivity contribution < 1.29 is 19.6 Å². The number of hydrogen-bond acceptors (Lipinski definition) is 5. The van der Waals surface area contributed by atoms with Crippen molar-refractivity contribution in [2.75, 3.05) is 7.11 Å². The summed E-state index contributed by atoms with van der Waals surface area (Å²) in [5.41, 5.74) is 0.738. The fourth-order valence-electron chi connectivity index (χ4n) is 2.44. The van der Waals surface area contributed by atoms with Gasteiger partial charge in [-0.05, 0) is 24.3 Å². The third kappa shape index (κ3) is 2.35. The van der Waals surface area contributed by atoms with Gasteiger partial charge in [-0.25, -0.2) is 4.79 Å². The van der Waals surface area contributed by atoms with Crippen LogP contribution in [0.2, 0.25) is 0 Å². The van der Waals surface area contributed by atoms with Gasteiger partial charge in [0.25, 0.3) is 5.69 Å². The average Bonchev–Trinajstić information content (AvgIpc) is 2.97. The van der Waals surface area contributed by atoms with Crippen molar-refractivity contribution >= 4 is 22.6 Å². The Kier molecular flexibility index (Phi) is 3.41. The molecule has 3 rings (SSSR count). The largest absolute Gasteiger partial charge is 0.497 e. The normalized spacial score (nSPS) is 10.7. The molecule has 0 aliphatic carbocycles. The third-order valence-electron chi connectivity index (χ3n) is 3.48. The molecule has 0 bridgehead atoms. The van der Waals surface area contributed by atoms with E-state index >= 15 is 0 Å². The number of rotatable bonds is 4. The molecule has 0 amide bonds. The number of methoxy groups -OCH3 is 1. The molecule has 0 spiro atoms. The van der Waals surface area contributed by atoms with E-state index in [2.05, 4.69) is 10.2 Å². The van der Waals surface area contributed by atoms with Gasteiger partial charge in [-0.1, -0.05) is 6.07 Å². The molecule has 0 atom stereocenters. The Morgan fingerprint density at radius 1 is 1.35 bits per heavy atom. The standard InChI is InChI=1S/C15H11N3O5/c1-23-8-5-6-9(12(7-8)18(21)22)14-13-10(15(19)20)3-2-4-11(13)16-17-14/h2-7H,1H3,(H,16,17)(H,19,20). The molecule has 0 aliphatic rings. The minimum absolute atomic E-state index is 0.0244. The second-order valence-electron chi connectivity index (χ2n) is 4.75. The predicted octanol–water partition coefficient (Wildman–Crippen LogP) is 2.84. The molecule has 0 fully saturated rings. The summed E-state index contributed by atoms with van der Waals surface area (Å²) in [6.07, 6.45) is 0. The molecule has 0 saturated carbocycles. The maximum absolute atomic E-state index is 11.4. The second kappa shape index (κ2) is 5.41. The zero-order valence-electron chi connectivity index (χ0n) is 11.9. The minimum atomic E-state index is -1.13. The van der Waals surface area contributed by atoms with Crippen molar-refractivity contribution in [3.05, 3.63) is 52.1 Å². The summed E-state index contributed by atoms with van der Waals surface area (Å²) in [4.78, 5) is 22.2. The van der Waals surface area contributed by atoms with Crippen LogP contribution >= 0.6 is 0 Å². The van der Waals surface area contributed by atoms with E-state index in [0.717, 1.165) is 0 Å². The first-order chi connectivity index (χ1) is 11.0. The lowest BCUT2D eigenvalue weighted by Gasteiger charge is -2.05. The number of benzene rings is 2. The highest BCUT2D eigenvalue weighted by molar-refractivity contribution is 6.09. The highest BCUT2D eigenvalue weighted by Gasteiger charge is 2.23. The Morgan fingerprint density at radius 2 is 2.13 bits per heavy atom. The molecule has 0 saturated heterocycles. The van der Waals surface area contributed by atoms with E-state index in [0.29, 0.717) is 16.7 Å². The number of H-pyrrole nitrogens is 1. The molecular weight excluding hydrogens is 302 g/mol. The van der Waals surface area contributed by atoms with Gasteiger partial charge in [0.15, 0.2) is 0 Å². The van der Waals surface area contributed by atoms with E-state index in [4.69, 9.17) is 4.74 Å². The number of aromatic nitrogens is 2. The van der Waals surface area contributed by atoms with Crippen LogP contribution in [0.3, 0.4) is 0 Å². The number of ether oxygens (including phenoxy) is 1. The fourth-order valence-corrected chi connectivity index (χ4v) is 2.44. The van der Waals surface area contributed by atoms with Crippen molar-refractivity contribution in [2.45, 2.75) is 0 Å². The van der Waals surface area contributed by atoms with Gasteiger partial charge in [0, 0.05) is 5.39 Å². The van der Waals surface area contributed by atoms with Crippen LogP contribution in [0.1, 0.15) is 10.4 Å². The Morgan fingerprint density at radius 3 is 2.78 bits per heavy atom. The quantitative estimate of drug-likeness (QED) is 0.564. The first-order valence-electron chi connectivity index (χ1n) is 6.56. The monoisotopic (exact) mass is 313 g/mol. The van der Waals surface area contributed by atoms with E-state index < -0.39 is 10.9 Å². The number of carboxylic acids is 1. The van der Waals surface area contributed by atoms with Gasteiger partial charge in [0.2, 0.25) is 0 Å². The molecule has 3 aromatic rings. The van der Waals surface area contributed by atoms with Crippen molar-refractivity contribution in [1.82, 2.24) is 10.2 Å². The number of nitro groups is 1. The third-order valence-corrected chi connectivity index (χ3v) is 3.48. The van der Waals surface area contributed by atoms with Crippen LogP contribution in [-0.4, -0.2) is 33.3 Å². The topological polar surface area (TPSA) is 118 Å². The number of aromatic amines is 1. The number of nitrogens with one attached hydrogen (secondary N) is 1. The summed E-state index contributed by atoms with van der Waals surface area (Å²) < 4.78 is 5.00. The van der Waals surface area contributed by atoms with Gasteiger partial charge in [0.1, 0.15) is 11.4 Å². The summed E-state index contributed by atoms with van der Waals surface area (Å²) in [6.45, 7) is 0. The lowest BCUT2D eigenvalue weighted by Crippen LogP contribution is -1.98. The molecule has 116 valence electrons. The molecule has 23 heavy (non-hydrogen) atoms. The molecule has 1 aromatic heterocycles. The van der Waals surface area contributed by atoms with Gasteiger partial charge in [-0.2, -0.15) is 5.10 Å². The molecule has 2 N–H and O–H groups in total. The molecule has 2 aromatic carbocycles. The van der Waals surface area contributed by atoms with Crippen LogP contribution in [0.15, 0.2) is 36.4 Å². The summed E-state index contributed by atoms with van der Waals surface area (Å²) in [7, 11) is 1.41. The number of fused-ring (bicyclic) bond motifs is 1. The van der Waals surface area contributed by atoms with Gasteiger partial charge in [-0.3, -0.25) is 15.2 Å². The van der Waals surface area contributed by atoms with E-state index in [9.17, 15) is 20.0 Å². The van der Waals surface area contributed by atoms with E-state index in [-0.39, 0.29) is 22.5 Å². The van der Waals surface area contributed by atoms with Gasteiger partial charge < -0.3 is 9.84 Å². The summed E-state index contributed by atoms with van der Waals surface area (Å²) >= 11 is 0. The van der Waals surface area contributed by atoms with Gasteiger partial charge in [-0.15, -0.1) is 0 Å². The Hall–Kier alpha value is -3.42. The zero-order valence-corrected chi connectivity index (χ0v) is 11.9. The number of nitrogens with zero attached hydrogens (tertiary/aromatic N) is 2. The van der Waals surface area contributed by atoms with Crippen LogP contribution in [0.25, 0.3) is 22.2 Å². The lowest BCUT2D eigenvalue weighted by molar-refractivity contribution is -0.384. The summed E-state index contributed by atoms with van der Waals surface area (Å²) in [6, 6.07) is 9.00. The van der Waals surface area contributed by atoms with Crippen molar-refractivity contribution in [1.29, 1.82) is 0 Å². The number of carboxylic acid groups (broad SMARTS) is 1. The van der Waals surface area contributed by atoms with Crippen LogP contribution in [-0.2, 0) is 0 Å². The first-order valence-corrected chi connectivity index (χ1v) is 6.56. The maximum atomic E-state index is 11.4.